The molecule has 0 fully saturated rings. The number of ketones is 4. The van der Waals surface area contributed by atoms with E-state index in [4.69, 9.17) is 4.74 Å². The van der Waals surface area contributed by atoms with Crippen LogP contribution >= 0.6 is 0 Å². The first kappa shape index (κ1) is 32.0. The molecule has 0 aliphatic rings. The second kappa shape index (κ2) is 13.5. The number of carbonyl (C=O) groups is 5. The molecule has 37 heavy (non-hydrogen) atoms. The number of aliphatic hydroxyl groups is 4. The summed E-state index contributed by atoms with van der Waals surface area (Å²) >= 11 is 0. The normalized spacial score (nSPS) is 16.9. The van der Waals surface area contributed by atoms with Crippen LogP contribution in [0.5, 0.6) is 0 Å². The molecule has 0 saturated carbocycles. The monoisotopic (exact) mass is 523 g/mol. The maximum Gasteiger partial charge on any atom is 0.407 e. The predicted octanol–water partition coefficient (Wildman–Crippen LogP) is 0.773. The molecule has 0 saturated heterocycles. The zero-order valence-electron chi connectivity index (χ0n) is 21.7. The van der Waals surface area contributed by atoms with Crippen molar-refractivity contribution in [1.82, 2.24) is 5.32 Å². The van der Waals surface area contributed by atoms with Gasteiger partial charge in [-0.2, -0.15) is 0 Å². The Kier molecular flexibility index (Phi) is 11.7. The van der Waals surface area contributed by atoms with Gasteiger partial charge in [0.1, 0.15) is 6.61 Å². The van der Waals surface area contributed by atoms with Crippen molar-refractivity contribution in [1.29, 1.82) is 0 Å². The number of amides is 1. The van der Waals surface area contributed by atoms with E-state index in [9.17, 15) is 44.4 Å². The van der Waals surface area contributed by atoms with Crippen molar-refractivity contribution in [2.45, 2.75) is 89.3 Å². The molecule has 5 N–H and O–H groups in total. The highest BCUT2D eigenvalue weighted by Gasteiger charge is 2.73. The summed E-state index contributed by atoms with van der Waals surface area (Å²) in [4.78, 5) is 61.7. The fourth-order valence-electron chi connectivity index (χ4n) is 4.21. The minimum Gasteiger partial charge on any atom is -0.445 e. The molecule has 1 rings (SSSR count). The van der Waals surface area contributed by atoms with Crippen molar-refractivity contribution in [2.24, 2.45) is 0 Å². The van der Waals surface area contributed by atoms with E-state index in [2.05, 4.69) is 5.32 Å². The standard InChI is InChI=1S/C26H37NO10/c1-17(28)24(34,18(2)29)26(36,20(4)31)25(35,19(3)30)22(32)14-10-5-6-11-15-27-23(33)37-16-21-12-8-7-9-13-21/h7-9,12-13,17,28,34-36H,5-6,10-11,14-16H2,1-4H3,(H,27,33)/t17-,24-,25+,26+/m0/s1. The van der Waals surface area contributed by atoms with Crippen molar-refractivity contribution in [2.75, 3.05) is 6.54 Å². The highest BCUT2D eigenvalue weighted by Crippen LogP contribution is 2.40. The summed E-state index contributed by atoms with van der Waals surface area (Å²) in [5, 5.41) is 45.6. The van der Waals surface area contributed by atoms with E-state index in [1.54, 1.807) is 0 Å². The molecule has 0 radical (unpaired) electrons. The summed E-state index contributed by atoms with van der Waals surface area (Å²) < 4.78 is 5.09. The Morgan fingerprint density at radius 1 is 0.865 bits per heavy atom. The number of ether oxygens (including phenoxy) is 1. The SMILES string of the molecule is CC(=O)[C@@](O)(C(=O)CCCCCCNC(=O)OCc1ccccc1)[C@@](O)(C(C)=O)[C@@](O)(C(C)=O)[C@H](C)O. The quantitative estimate of drug-likeness (QED) is 0.153. The minimum absolute atomic E-state index is 0.133. The Balaban J connectivity index is 2.70. The molecule has 0 aliphatic heterocycles. The topological polar surface area (TPSA) is 188 Å². The van der Waals surface area contributed by atoms with Gasteiger partial charge in [-0.05, 0) is 46.1 Å². The minimum atomic E-state index is -3.62. The van der Waals surface area contributed by atoms with Crippen molar-refractivity contribution in [3.05, 3.63) is 35.9 Å². The fraction of sp³-hybridized carbons (Fsp3) is 0.577. The van der Waals surface area contributed by atoms with E-state index in [0.29, 0.717) is 32.7 Å². The summed E-state index contributed by atoms with van der Waals surface area (Å²) in [5.74, 6) is -5.40. The van der Waals surface area contributed by atoms with E-state index < -0.39 is 58.6 Å². The first-order valence-corrected chi connectivity index (χ1v) is 12.0. The summed E-state index contributed by atoms with van der Waals surface area (Å²) in [6.07, 6.45) is -1.51. The summed E-state index contributed by atoms with van der Waals surface area (Å²) in [6.45, 7) is 3.49. The first-order chi connectivity index (χ1) is 17.2. The van der Waals surface area contributed by atoms with Gasteiger partial charge < -0.3 is 30.5 Å². The van der Waals surface area contributed by atoms with Gasteiger partial charge in [0, 0.05) is 13.0 Å². The number of benzene rings is 1. The number of rotatable bonds is 16. The molecule has 0 bridgehead atoms. The van der Waals surface area contributed by atoms with Crippen LogP contribution in [0.1, 0.15) is 65.4 Å². The average molecular weight is 524 g/mol. The van der Waals surface area contributed by atoms with Crippen LogP contribution in [-0.4, -0.2) is 79.1 Å². The van der Waals surface area contributed by atoms with Crippen LogP contribution in [0.2, 0.25) is 0 Å². The highest BCUT2D eigenvalue weighted by molar-refractivity contribution is 6.17. The summed E-state index contributed by atoms with van der Waals surface area (Å²) in [6, 6.07) is 9.16. The molecule has 4 atom stereocenters. The molecular weight excluding hydrogens is 486 g/mol. The van der Waals surface area contributed by atoms with Gasteiger partial charge in [-0.1, -0.05) is 43.2 Å². The third-order valence-electron chi connectivity index (χ3n) is 6.45. The van der Waals surface area contributed by atoms with Gasteiger partial charge in [0.25, 0.3) is 0 Å². The maximum absolute atomic E-state index is 13.0. The summed E-state index contributed by atoms with van der Waals surface area (Å²) in [7, 11) is 0. The van der Waals surface area contributed by atoms with Gasteiger partial charge >= 0.3 is 6.09 Å². The van der Waals surface area contributed by atoms with E-state index in [-0.39, 0.29) is 13.0 Å². The lowest BCUT2D eigenvalue weighted by molar-refractivity contribution is -0.242. The van der Waals surface area contributed by atoms with E-state index in [1.165, 1.54) is 0 Å². The third-order valence-corrected chi connectivity index (χ3v) is 6.45. The van der Waals surface area contributed by atoms with Crippen LogP contribution < -0.4 is 5.32 Å². The molecule has 0 spiro atoms. The molecule has 0 heterocycles. The van der Waals surface area contributed by atoms with Crippen LogP contribution in [0.15, 0.2) is 30.3 Å². The Morgan fingerprint density at radius 2 is 1.43 bits per heavy atom. The lowest BCUT2D eigenvalue weighted by Crippen LogP contribution is -2.80. The first-order valence-electron chi connectivity index (χ1n) is 12.0. The summed E-state index contributed by atoms with van der Waals surface area (Å²) in [5.41, 5.74) is -9.57. The predicted molar refractivity (Wildman–Crippen MR) is 131 cm³/mol. The molecule has 0 aliphatic carbocycles. The average Bonchev–Trinajstić information content (AvgIpc) is 2.84. The van der Waals surface area contributed by atoms with Gasteiger partial charge in [0.2, 0.25) is 11.2 Å². The van der Waals surface area contributed by atoms with E-state index >= 15 is 0 Å². The fourth-order valence-corrected chi connectivity index (χ4v) is 4.21. The number of unbranched alkanes of at least 4 members (excludes halogenated alkanes) is 3. The largest absolute Gasteiger partial charge is 0.445 e. The number of hydrogen-bond donors (Lipinski definition) is 5. The molecule has 206 valence electrons. The molecule has 1 aromatic rings. The van der Waals surface area contributed by atoms with E-state index in [0.717, 1.165) is 26.3 Å². The van der Waals surface area contributed by atoms with Gasteiger partial charge in [-0.25, -0.2) is 4.79 Å². The van der Waals surface area contributed by atoms with Crippen molar-refractivity contribution < 1.29 is 49.1 Å². The van der Waals surface area contributed by atoms with Crippen LogP contribution in [-0.2, 0) is 30.5 Å². The van der Waals surface area contributed by atoms with Gasteiger partial charge in [-0.15, -0.1) is 0 Å². The lowest BCUT2D eigenvalue weighted by Gasteiger charge is -2.48. The van der Waals surface area contributed by atoms with Gasteiger partial charge in [-0.3, -0.25) is 19.2 Å². The van der Waals surface area contributed by atoms with Crippen molar-refractivity contribution in [3.8, 4) is 0 Å². The Morgan fingerprint density at radius 3 is 1.92 bits per heavy atom. The number of hydrogen-bond acceptors (Lipinski definition) is 10. The molecule has 1 aromatic carbocycles. The van der Waals surface area contributed by atoms with E-state index in [1.807, 2.05) is 30.3 Å². The van der Waals surface area contributed by atoms with Crippen LogP contribution in [0.3, 0.4) is 0 Å². The van der Waals surface area contributed by atoms with Gasteiger partial charge in [0.05, 0.1) is 6.10 Å². The van der Waals surface area contributed by atoms with Gasteiger partial charge in [0.15, 0.2) is 28.7 Å². The molecule has 11 heteroatoms. The Hall–Kier alpha value is -2.99. The second-order valence-corrected chi connectivity index (χ2v) is 9.11. The number of aliphatic hydroxyl groups excluding tert-OH is 1. The molecular formula is C26H37NO10. The van der Waals surface area contributed by atoms with Crippen LogP contribution in [0.4, 0.5) is 4.79 Å². The third kappa shape index (κ3) is 6.86. The molecule has 11 nitrogen and oxygen atoms in total. The smallest absolute Gasteiger partial charge is 0.407 e. The van der Waals surface area contributed by atoms with Crippen LogP contribution in [0.25, 0.3) is 0 Å². The van der Waals surface area contributed by atoms with Crippen molar-refractivity contribution in [3.63, 3.8) is 0 Å². The number of Topliss-reactive ketones (excluding diaryl/α,β-unsaturated/α-hetero) is 4. The Bertz CT molecular complexity index is 979. The molecule has 1 amide bonds. The number of carbonyl (C=O) groups excluding carboxylic acids is 5. The maximum atomic E-state index is 13.0. The van der Waals surface area contributed by atoms with Crippen LogP contribution in [0, 0.1) is 0 Å². The second-order valence-electron chi connectivity index (χ2n) is 9.11. The highest BCUT2D eigenvalue weighted by atomic mass is 16.5. The zero-order valence-corrected chi connectivity index (χ0v) is 21.7. The lowest BCUT2D eigenvalue weighted by atomic mass is 9.61. The number of alkyl carbamates (subject to hydrolysis) is 1. The zero-order chi connectivity index (χ0) is 28.4. The molecule has 0 aromatic heterocycles. The number of nitrogens with one attached hydrogen (secondary N) is 1. The van der Waals surface area contributed by atoms with Crippen molar-refractivity contribution >= 4 is 29.2 Å². The Labute approximate surface area is 215 Å². The molecule has 0 unspecified atom stereocenters.